The molecule has 7 nitrogen and oxygen atoms in total. The minimum absolute atomic E-state index is 0.0329. The fourth-order valence-electron chi connectivity index (χ4n) is 2.32. The zero-order valence-corrected chi connectivity index (χ0v) is 13.1. The summed E-state index contributed by atoms with van der Waals surface area (Å²) in [6, 6.07) is 3.28. The summed E-state index contributed by atoms with van der Waals surface area (Å²) in [6.45, 7) is 6.06. The molecule has 2 N–H and O–H groups in total. The Morgan fingerprint density at radius 2 is 2.05 bits per heavy atom. The summed E-state index contributed by atoms with van der Waals surface area (Å²) in [4.78, 5) is 16.5. The van der Waals surface area contributed by atoms with Crippen LogP contribution >= 0.6 is 0 Å². The number of pyridine rings is 1. The average molecular weight is 313 g/mol. The molecule has 21 heavy (non-hydrogen) atoms. The van der Waals surface area contributed by atoms with E-state index in [0.29, 0.717) is 26.2 Å². The lowest BCUT2D eigenvalue weighted by Gasteiger charge is -2.21. The highest BCUT2D eigenvalue weighted by Crippen LogP contribution is 2.16. The van der Waals surface area contributed by atoms with E-state index < -0.39 is 10.0 Å². The molecule has 0 atom stereocenters. The van der Waals surface area contributed by atoms with E-state index in [-0.39, 0.29) is 17.3 Å². The Morgan fingerprint density at radius 1 is 1.33 bits per heavy atom. The van der Waals surface area contributed by atoms with Gasteiger partial charge in [0, 0.05) is 19.2 Å². The monoisotopic (exact) mass is 313 g/mol. The van der Waals surface area contributed by atoms with Gasteiger partial charge in [-0.15, -0.1) is 0 Å². The van der Waals surface area contributed by atoms with Crippen LogP contribution in [0.2, 0.25) is 0 Å². The third-order valence-electron chi connectivity index (χ3n) is 3.49. The molecule has 2 rings (SSSR count). The number of aromatic amines is 1. The molecule has 0 radical (unpaired) electrons. The molecule has 1 aromatic rings. The minimum atomic E-state index is -3.46. The third kappa shape index (κ3) is 3.33. The molecule has 2 heterocycles. The van der Waals surface area contributed by atoms with Gasteiger partial charge in [0.05, 0.1) is 6.54 Å². The molecule has 1 aliphatic heterocycles. The SMILES string of the molecule is CCN(CC)S(=O)(=O)c1ccc(N2CCNC(=O)C2)[nH+]c1. The maximum absolute atomic E-state index is 12.4. The lowest BCUT2D eigenvalue weighted by molar-refractivity contribution is -0.367. The average Bonchev–Trinajstić information content (AvgIpc) is 2.48. The second kappa shape index (κ2) is 6.40. The first-order valence-electron chi connectivity index (χ1n) is 7.02. The molecule has 116 valence electrons. The molecule has 0 spiro atoms. The lowest BCUT2D eigenvalue weighted by atomic mass is 10.3. The van der Waals surface area contributed by atoms with Crippen LogP contribution in [0.3, 0.4) is 0 Å². The number of H-pyrrole nitrogens is 1. The smallest absolute Gasteiger partial charge is 0.274 e. The second-order valence-corrected chi connectivity index (χ2v) is 6.71. The van der Waals surface area contributed by atoms with Crippen LogP contribution in [0.5, 0.6) is 0 Å². The van der Waals surface area contributed by atoms with Crippen molar-refractivity contribution in [2.45, 2.75) is 18.7 Å². The number of carbonyl (C=O) groups excluding carboxylic acids is 1. The van der Waals surface area contributed by atoms with E-state index in [1.165, 1.54) is 10.5 Å². The molecule has 1 amide bonds. The van der Waals surface area contributed by atoms with Gasteiger partial charge in [0.1, 0.15) is 17.6 Å². The molecular weight excluding hydrogens is 292 g/mol. The van der Waals surface area contributed by atoms with Gasteiger partial charge in [0.25, 0.3) is 11.7 Å². The fourth-order valence-corrected chi connectivity index (χ4v) is 3.74. The maximum atomic E-state index is 12.4. The van der Waals surface area contributed by atoms with Gasteiger partial charge < -0.3 is 5.32 Å². The standard InChI is InChI=1S/C13H20N4O3S/c1-3-17(4-2)21(19,20)11-5-6-12(15-9-11)16-8-7-14-13(18)10-16/h5-6,9H,3-4,7-8,10H2,1-2H3,(H,14,18)/p+1. The minimum Gasteiger partial charge on any atom is -0.349 e. The molecule has 0 aliphatic carbocycles. The molecule has 0 bridgehead atoms. The normalized spacial score (nSPS) is 16.1. The van der Waals surface area contributed by atoms with E-state index in [0.717, 1.165) is 5.82 Å². The molecule has 8 heteroatoms. The number of rotatable bonds is 5. The van der Waals surface area contributed by atoms with Crippen molar-refractivity contribution < 1.29 is 18.2 Å². The number of aromatic nitrogens is 1. The number of nitrogens with zero attached hydrogens (tertiary/aromatic N) is 2. The number of amides is 1. The molecule has 1 aliphatic rings. The highest BCUT2D eigenvalue weighted by molar-refractivity contribution is 7.89. The number of anilines is 1. The van der Waals surface area contributed by atoms with Gasteiger partial charge in [0.2, 0.25) is 10.0 Å². The molecule has 1 saturated heterocycles. The topological polar surface area (TPSA) is 83.9 Å². The summed E-state index contributed by atoms with van der Waals surface area (Å²) >= 11 is 0. The van der Waals surface area contributed by atoms with Crippen molar-refractivity contribution in [1.29, 1.82) is 0 Å². The predicted molar refractivity (Wildman–Crippen MR) is 78.3 cm³/mol. The fraction of sp³-hybridized carbons (Fsp3) is 0.538. The van der Waals surface area contributed by atoms with E-state index in [4.69, 9.17) is 0 Å². The van der Waals surface area contributed by atoms with E-state index in [1.807, 2.05) is 18.7 Å². The van der Waals surface area contributed by atoms with Crippen molar-refractivity contribution in [2.24, 2.45) is 0 Å². The van der Waals surface area contributed by atoms with Crippen LogP contribution in [0.25, 0.3) is 0 Å². The highest BCUT2D eigenvalue weighted by Gasteiger charge is 2.26. The number of hydrogen-bond donors (Lipinski definition) is 1. The van der Waals surface area contributed by atoms with Gasteiger partial charge >= 0.3 is 0 Å². The number of carbonyl (C=O) groups is 1. The van der Waals surface area contributed by atoms with Crippen LogP contribution in [0.15, 0.2) is 23.2 Å². The number of piperazine rings is 1. The van der Waals surface area contributed by atoms with Gasteiger partial charge in [-0.3, -0.25) is 9.69 Å². The molecule has 0 saturated carbocycles. The summed E-state index contributed by atoms with van der Waals surface area (Å²) in [5, 5.41) is 2.75. The molecule has 0 aromatic carbocycles. The van der Waals surface area contributed by atoms with Gasteiger partial charge in [-0.2, -0.15) is 4.31 Å². The Balaban J connectivity index is 2.20. The molecule has 1 aromatic heterocycles. The van der Waals surface area contributed by atoms with E-state index >= 15 is 0 Å². The van der Waals surface area contributed by atoms with Crippen molar-refractivity contribution in [3.05, 3.63) is 18.3 Å². The molecular formula is C13H21N4O3S+. The number of nitrogens with one attached hydrogen (secondary N) is 2. The van der Waals surface area contributed by atoms with E-state index in [1.54, 1.807) is 12.1 Å². The van der Waals surface area contributed by atoms with Gasteiger partial charge in [-0.25, -0.2) is 13.4 Å². The Kier molecular flexibility index (Phi) is 4.79. The van der Waals surface area contributed by atoms with Crippen LogP contribution in [0.4, 0.5) is 5.82 Å². The van der Waals surface area contributed by atoms with Crippen molar-refractivity contribution in [2.75, 3.05) is 37.6 Å². The number of hydrogen-bond acceptors (Lipinski definition) is 4. The quantitative estimate of drug-likeness (QED) is 0.792. The van der Waals surface area contributed by atoms with E-state index in [2.05, 4.69) is 10.3 Å². The van der Waals surface area contributed by atoms with Crippen molar-refractivity contribution in [1.82, 2.24) is 9.62 Å². The largest absolute Gasteiger partial charge is 0.349 e. The number of sulfonamides is 1. The zero-order chi connectivity index (χ0) is 15.5. The van der Waals surface area contributed by atoms with Gasteiger partial charge in [0.15, 0.2) is 6.54 Å². The Labute approximate surface area is 125 Å². The highest BCUT2D eigenvalue weighted by atomic mass is 32.2. The Hall–Kier alpha value is -1.67. The first kappa shape index (κ1) is 15.7. The van der Waals surface area contributed by atoms with Crippen LogP contribution in [-0.2, 0) is 14.8 Å². The van der Waals surface area contributed by atoms with Gasteiger partial charge in [-0.1, -0.05) is 13.8 Å². The van der Waals surface area contributed by atoms with Crippen LogP contribution in [0, 0.1) is 0 Å². The van der Waals surface area contributed by atoms with Crippen molar-refractivity contribution in [3.63, 3.8) is 0 Å². The Bertz CT molecular complexity index is 596. The lowest BCUT2D eigenvalue weighted by Crippen LogP contribution is -2.49. The van der Waals surface area contributed by atoms with Crippen LogP contribution in [-0.4, -0.2) is 51.4 Å². The van der Waals surface area contributed by atoms with Crippen molar-refractivity contribution in [3.8, 4) is 0 Å². The van der Waals surface area contributed by atoms with Crippen molar-refractivity contribution >= 4 is 21.7 Å². The molecule has 1 fully saturated rings. The molecule has 0 unspecified atom stereocenters. The van der Waals surface area contributed by atoms with E-state index in [9.17, 15) is 13.2 Å². The second-order valence-electron chi connectivity index (χ2n) is 4.77. The zero-order valence-electron chi connectivity index (χ0n) is 12.3. The Morgan fingerprint density at radius 3 is 2.57 bits per heavy atom. The van der Waals surface area contributed by atoms with Gasteiger partial charge in [-0.05, 0) is 6.07 Å². The summed E-state index contributed by atoms with van der Waals surface area (Å²) in [5.41, 5.74) is 0. The predicted octanol–water partition coefficient (Wildman–Crippen LogP) is -0.533. The summed E-state index contributed by atoms with van der Waals surface area (Å²) < 4.78 is 26.1. The third-order valence-corrected chi connectivity index (χ3v) is 5.54. The van der Waals surface area contributed by atoms with Crippen LogP contribution < -0.4 is 15.2 Å². The first-order valence-corrected chi connectivity index (χ1v) is 8.46. The van der Waals surface area contributed by atoms with Crippen LogP contribution in [0.1, 0.15) is 13.8 Å². The summed E-state index contributed by atoms with van der Waals surface area (Å²) in [6.07, 6.45) is 1.48. The maximum Gasteiger partial charge on any atom is 0.274 e. The first-order chi connectivity index (χ1) is 9.98. The summed E-state index contributed by atoms with van der Waals surface area (Å²) in [7, 11) is -3.46. The summed E-state index contributed by atoms with van der Waals surface area (Å²) in [5.74, 6) is 0.706.